The van der Waals surface area contributed by atoms with Crippen LogP contribution < -0.4 is 5.32 Å². The predicted octanol–water partition coefficient (Wildman–Crippen LogP) is 1.31. The molecule has 25 heavy (non-hydrogen) atoms. The number of hydrogen-bond acceptors (Lipinski definition) is 4. The van der Waals surface area contributed by atoms with Crippen LogP contribution in [0.2, 0.25) is 0 Å². The number of Topliss-reactive ketones (excluding diaryl/α,β-unsaturated/α-hetero) is 1. The summed E-state index contributed by atoms with van der Waals surface area (Å²) in [5.41, 5.74) is 0.830. The SMILES string of the molecule is O=C(C#Cc1ccccc1)C[C@H]1CO[C@H]2[C@@H]1OC[C@@H]2NC(=O)C1CC1. The highest BCUT2D eigenvalue weighted by Crippen LogP contribution is 2.34. The van der Waals surface area contributed by atoms with Crippen LogP contribution in [0.25, 0.3) is 0 Å². The number of ether oxygens (including phenoxy) is 2. The van der Waals surface area contributed by atoms with E-state index in [1.165, 1.54) is 0 Å². The number of nitrogens with one attached hydrogen (secondary N) is 1. The average molecular weight is 339 g/mol. The van der Waals surface area contributed by atoms with E-state index in [9.17, 15) is 9.59 Å². The Morgan fingerprint density at radius 2 is 1.84 bits per heavy atom. The highest BCUT2D eigenvalue weighted by molar-refractivity contribution is 5.96. The summed E-state index contributed by atoms with van der Waals surface area (Å²) >= 11 is 0. The Bertz CT molecular complexity index is 716. The average Bonchev–Trinajstić information content (AvgIpc) is 3.30. The Morgan fingerprint density at radius 3 is 2.60 bits per heavy atom. The molecule has 5 heteroatoms. The lowest BCUT2D eigenvalue weighted by Crippen LogP contribution is -2.44. The molecule has 0 unspecified atom stereocenters. The van der Waals surface area contributed by atoms with Crippen molar-refractivity contribution in [3.8, 4) is 11.8 Å². The molecule has 3 aliphatic rings. The highest BCUT2D eigenvalue weighted by atomic mass is 16.6. The van der Waals surface area contributed by atoms with E-state index in [0.29, 0.717) is 19.6 Å². The van der Waals surface area contributed by atoms with Crippen molar-refractivity contribution in [1.29, 1.82) is 0 Å². The molecule has 1 aliphatic carbocycles. The topological polar surface area (TPSA) is 64.6 Å². The van der Waals surface area contributed by atoms with Crippen LogP contribution in [0.15, 0.2) is 30.3 Å². The van der Waals surface area contributed by atoms with Crippen molar-refractivity contribution in [2.45, 2.75) is 37.5 Å². The summed E-state index contributed by atoms with van der Waals surface area (Å²) in [5, 5.41) is 3.03. The molecular formula is C20H21NO4. The lowest BCUT2D eigenvalue weighted by molar-refractivity contribution is -0.123. The van der Waals surface area contributed by atoms with E-state index in [-0.39, 0.29) is 41.8 Å². The van der Waals surface area contributed by atoms with E-state index in [0.717, 1.165) is 18.4 Å². The Kier molecular flexibility index (Phi) is 4.56. The number of ketones is 1. The van der Waals surface area contributed by atoms with Gasteiger partial charge < -0.3 is 14.8 Å². The summed E-state index contributed by atoms with van der Waals surface area (Å²) in [6.07, 6.45) is 2.00. The maximum atomic E-state index is 12.2. The van der Waals surface area contributed by atoms with Gasteiger partial charge in [-0.2, -0.15) is 0 Å². The van der Waals surface area contributed by atoms with Crippen molar-refractivity contribution in [2.24, 2.45) is 11.8 Å². The summed E-state index contributed by atoms with van der Waals surface area (Å²) in [5.74, 6) is 5.77. The monoisotopic (exact) mass is 339 g/mol. The van der Waals surface area contributed by atoms with Crippen molar-refractivity contribution in [3.63, 3.8) is 0 Å². The van der Waals surface area contributed by atoms with Gasteiger partial charge in [0.05, 0.1) is 25.4 Å². The van der Waals surface area contributed by atoms with Gasteiger partial charge in [0.15, 0.2) is 0 Å². The summed E-state index contributed by atoms with van der Waals surface area (Å²) in [4.78, 5) is 24.1. The van der Waals surface area contributed by atoms with E-state index < -0.39 is 0 Å². The zero-order valence-electron chi connectivity index (χ0n) is 13.9. The smallest absolute Gasteiger partial charge is 0.223 e. The Morgan fingerprint density at radius 1 is 1.08 bits per heavy atom. The molecule has 0 aromatic heterocycles. The van der Waals surface area contributed by atoms with E-state index in [1.807, 2.05) is 30.3 Å². The summed E-state index contributed by atoms with van der Waals surface area (Å²) < 4.78 is 11.7. The minimum Gasteiger partial charge on any atom is -0.373 e. The van der Waals surface area contributed by atoms with Crippen LogP contribution in [0.4, 0.5) is 0 Å². The number of hydrogen-bond donors (Lipinski definition) is 1. The minimum absolute atomic E-state index is 0.00500. The number of amides is 1. The van der Waals surface area contributed by atoms with Crippen LogP contribution >= 0.6 is 0 Å². The molecule has 1 N–H and O–H groups in total. The van der Waals surface area contributed by atoms with Crippen molar-refractivity contribution < 1.29 is 19.1 Å². The molecule has 4 atom stereocenters. The molecule has 0 bridgehead atoms. The normalized spacial score (nSPS) is 30.2. The molecule has 1 aromatic rings. The van der Waals surface area contributed by atoms with Crippen molar-refractivity contribution >= 4 is 11.7 Å². The fourth-order valence-corrected chi connectivity index (χ4v) is 3.48. The summed E-state index contributed by atoms with van der Waals surface area (Å²) in [6, 6.07) is 9.36. The molecule has 0 spiro atoms. The third kappa shape index (κ3) is 3.76. The first-order valence-corrected chi connectivity index (χ1v) is 8.84. The molecule has 1 saturated carbocycles. The first-order chi connectivity index (χ1) is 12.2. The van der Waals surface area contributed by atoms with E-state index in [2.05, 4.69) is 17.2 Å². The minimum atomic E-state index is -0.150. The van der Waals surface area contributed by atoms with Gasteiger partial charge in [0.1, 0.15) is 6.10 Å². The van der Waals surface area contributed by atoms with Crippen LogP contribution in [0.5, 0.6) is 0 Å². The molecule has 5 nitrogen and oxygen atoms in total. The van der Waals surface area contributed by atoms with Crippen LogP contribution in [-0.2, 0) is 19.1 Å². The number of fused-ring (bicyclic) bond motifs is 1. The van der Waals surface area contributed by atoms with Crippen molar-refractivity contribution in [2.75, 3.05) is 13.2 Å². The first-order valence-electron chi connectivity index (χ1n) is 8.84. The predicted molar refractivity (Wildman–Crippen MR) is 90.6 cm³/mol. The maximum absolute atomic E-state index is 12.2. The molecule has 3 fully saturated rings. The molecule has 1 aromatic carbocycles. The van der Waals surface area contributed by atoms with Gasteiger partial charge in [-0.15, -0.1) is 0 Å². The third-order valence-corrected chi connectivity index (χ3v) is 5.00. The number of carbonyl (C=O) groups excluding carboxylic acids is 2. The third-order valence-electron chi connectivity index (χ3n) is 5.00. The first kappa shape index (κ1) is 16.3. The molecule has 2 heterocycles. The van der Waals surface area contributed by atoms with Gasteiger partial charge in [-0.1, -0.05) is 24.1 Å². The highest BCUT2D eigenvalue weighted by Gasteiger charge is 2.49. The standard InChI is InChI=1S/C20H21NO4/c22-16(9-6-13-4-2-1-3-5-13)10-15-11-24-19-17(12-25-18(15)19)21-20(23)14-7-8-14/h1-5,14-15,17-19H,7-8,10-12H2,(H,21,23)/t15-,17-,18+,19+/m0/s1. The van der Waals surface area contributed by atoms with Crippen LogP contribution in [-0.4, -0.2) is 43.2 Å². The zero-order chi connectivity index (χ0) is 17.2. The second-order valence-corrected chi connectivity index (χ2v) is 6.99. The lowest BCUT2D eigenvalue weighted by Gasteiger charge is -2.17. The second kappa shape index (κ2) is 6.99. The van der Waals surface area contributed by atoms with E-state index in [1.54, 1.807) is 0 Å². The maximum Gasteiger partial charge on any atom is 0.223 e. The number of carbonyl (C=O) groups is 2. The summed E-state index contributed by atoms with van der Waals surface area (Å²) in [6.45, 7) is 0.929. The molecule has 130 valence electrons. The fraction of sp³-hybridized carbons (Fsp3) is 0.500. The zero-order valence-corrected chi connectivity index (χ0v) is 13.9. The molecule has 1 amide bonds. The lowest BCUT2D eigenvalue weighted by atomic mass is 9.95. The Hall–Kier alpha value is -2.16. The van der Waals surface area contributed by atoms with Gasteiger partial charge in [0.2, 0.25) is 11.7 Å². The second-order valence-electron chi connectivity index (χ2n) is 6.99. The van der Waals surface area contributed by atoms with Gasteiger partial charge in [0, 0.05) is 23.8 Å². The fourth-order valence-electron chi connectivity index (χ4n) is 3.48. The van der Waals surface area contributed by atoms with E-state index in [4.69, 9.17) is 9.47 Å². The van der Waals surface area contributed by atoms with Gasteiger partial charge in [0.25, 0.3) is 0 Å². The van der Waals surface area contributed by atoms with Crippen molar-refractivity contribution in [1.82, 2.24) is 5.32 Å². The molecule has 2 aliphatic heterocycles. The van der Waals surface area contributed by atoms with Crippen LogP contribution in [0.3, 0.4) is 0 Å². The number of benzene rings is 1. The van der Waals surface area contributed by atoms with Gasteiger partial charge in [-0.3, -0.25) is 9.59 Å². The van der Waals surface area contributed by atoms with Gasteiger partial charge in [-0.25, -0.2) is 0 Å². The van der Waals surface area contributed by atoms with Crippen LogP contribution in [0, 0.1) is 23.7 Å². The largest absolute Gasteiger partial charge is 0.373 e. The van der Waals surface area contributed by atoms with Crippen molar-refractivity contribution in [3.05, 3.63) is 35.9 Å². The molecule has 2 saturated heterocycles. The van der Waals surface area contributed by atoms with Crippen LogP contribution in [0.1, 0.15) is 24.8 Å². The quantitative estimate of drug-likeness (QED) is 0.840. The molecule has 4 rings (SSSR count). The Balaban J connectivity index is 1.32. The van der Waals surface area contributed by atoms with Gasteiger partial charge in [-0.05, 0) is 30.9 Å². The van der Waals surface area contributed by atoms with Gasteiger partial charge >= 0.3 is 0 Å². The number of rotatable bonds is 4. The van der Waals surface area contributed by atoms with E-state index >= 15 is 0 Å². The molecular weight excluding hydrogens is 318 g/mol. The Labute approximate surface area is 147 Å². The molecule has 0 radical (unpaired) electrons. The summed E-state index contributed by atoms with van der Waals surface area (Å²) in [7, 11) is 0.